The van der Waals surface area contributed by atoms with Crippen LogP contribution in [0.25, 0.3) is 0 Å². The molecule has 4 rings (SSSR count). The largest absolute Gasteiger partial charge is 0.486 e. The number of hydrogen-bond donors (Lipinski definition) is 0. The molecule has 0 aliphatic rings. The van der Waals surface area contributed by atoms with Crippen LogP contribution in [0, 0.1) is 22.7 Å². The highest BCUT2D eigenvalue weighted by molar-refractivity contribution is 6.31. The molecule has 0 amide bonds. The van der Waals surface area contributed by atoms with E-state index in [1.54, 1.807) is 38.1 Å². The van der Waals surface area contributed by atoms with Crippen molar-refractivity contribution in [3.8, 4) is 29.4 Å². The Hall–Kier alpha value is -4.38. The van der Waals surface area contributed by atoms with Crippen LogP contribution in [0.1, 0.15) is 73.1 Å². The molecule has 0 heterocycles. The summed E-state index contributed by atoms with van der Waals surface area (Å²) in [7, 11) is 0. The summed E-state index contributed by atoms with van der Waals surface area (Å²) in [6.07, 6.45) is -11.6. The van der Waals surface area contributed by atoms with Gasteiger partial charge in [0, 0.05) is 5.56 Å². The summed E-state index contributed by atoms with van der Waals surface area (Å²) >= 11 is 12.7. The van der Waals surface area contributed by atoms with Crippen molar-refractivity contribution in [1.82, 2.24) is 0 Å². The second kappa shape index (κ2) is 14.0. The van der Waals surface area contributed by atoms with Gasteiger partial charge in [-0.3, -0.25) is 0 Å². The first kappa shape index (κ1) is 36.5. The minimum absolute atomic E-state index is 0.0110. The average molecular weight is 706 g/mol. The first-order valence-corrected chi connectivity index (χ1v) is 15.4. The van der Waals surface area contributed by atoms with Gasteiger partial charge in [-0.25, -0.2) is 0 Å². The van der Waals surface area contributed by atoms with Gasteiger partial charge in [-0.15, -0.1) is 11.6 Å². The molecule has 4 aromatic rings. The second-order valence-corrected chi connectivity index (χ2v) is 12.3. The fourth-order valence-electron chi connectivity index (χ4n) is 5.48. The van der Waals surface area contributed by atoms with E-state index in [0.29, 0.717) is 36.1 Å². The highest BCUT2D eigenvalue weighted by Crippen LogP contribution is 2.56. The van der Waals surface area contributed by atoms with Crippen LogP contribution in [0.2, 0.25) is 5.02 Å². The van der Waals surface area contributed by atoms with Crippen LogP contribution in [0.5, 0.6) is 17.2 Å². The molecule has 2 unspecified atom stereocenters. The fraction of sp³-hybridized carbons (Fsp3) is 0.278. The van der Waals surface area contributed by atoms with Gasteiger partial charge in [0.15, 0.2) is 0 Å². The number of nitriles is 2. The topological polar surface area (TPSA) is 66.0 Å². The van der Waals surface area contributed by atoms with E-state index in [9.17, 15) is 36.9 Å². The van der Waals surface area contributed by atoms with Crippen molar-refractivity contribution in [2.24, 2.45) is 0 Å². The highest BCUT2D eigenvalue weighted by atomic mass is 35.5. The first-order valence-electron chi connectivity index (χ1n) is 14.7. The Bertz CT molecular complexity index is 1830. The predicted molar refractivity (Wildman–Crippen MR) is 170 cm³/mol. The van der Waals surface area contributed by atoms with Gasteiger partial charge in [0.25, 0.3) is 0 Å². The molecule has 4 nitrogen and oxygen atoms in total. The quantitative estimate of drug-likeness (QED) is 0.122. The van der Waals surface area contributed by atoms with E-state index < -0.39 is 39.9 Å². The Morgan fingerprint density at radius 1 is 0.729 bits per heavy atom. The van der Waals surface area contributed by atoms with E-state index in [-0.39, 0.29) is 33.4 Å². The van der Waals surface area contributed by atoms with Crippen molar-refractivity contribution in [1.29, 1.82) is 10.5 Å². The Labute approximate surface area is 284 Å². The molecule has 0 radical (unpaired) electrons. The maximum Gasteiger partial charge on any atom is 0.411 e. The normalized spacial score (nSPS) is 13.9. The molecule has 0 saturated heterocycles. The van der Waals surface area contributed by atoms with Crippen molar-refractivity contribution in [3.63, 3.8) is 0 Å². The molecule has 4 aromatic carbocycles. The molecule has 2 atom stereocenters. The molecule has 0 N–H and O–H groups in total. The van der Waals surface area contributed by atoms with Crippen molar-refractivity contribution in [3.05, 3.63) is 123 Å². The third-order valence-corrected chi connectivity index (χ3v) is 8.96. The lowest BCUT2D eigenvalue weighted by molar-refractivity contribution is -0.288. The molecular weight excluding hydrogens is 677 g/mol. The average Bonchev–Trinajstić information content (AvgIpc) is 3.03. The Morgan fingerprint density at radius 2 is 1.25 bits per heavy atom. The summed E-state index contributed by atoms with van der Waals surface area (Å²) in [5, 5.41) is 19.5. The predicted octanol–water partition coefficient (Wildman–Crippen LogP) is 11.7. The minimum Gasteiger partial charge on any atom is -0.486 e. The maximum atomic E-state index is 14.8. The molecule has 0 aromatic heterocycles. The molecule has 48 heavy (non-hydrogen) atoms. The van der Waals surface area contributed by atoms with Gasteiger partial charge in [0.1, 0.15) is 35.5 Å². The lowest BCUT2D eigenvalue weighted by Crippen LogP contribution is -2.54. The van der Waals surface area contributed by atoms with Crippen molar-refractivity contribution < 1.29 is 35.8 Å². The lowest BCUT2D eigenvalue weighted by Gasteiger charge is -2.38. The van der Waals surface area contributed by atoms with Gasteiger partial charge in [-0.05, 0) is 72.9 Å². The summed E-state index contributed by atoms with van der Waals surface area (Å²) in [6, 6.07) is 20.3. The minimum atomic E-state index is -5.82. The molecular formula is C36H28Cl2F6N2O2. The van der Waals surface area contributed by atoms with Crippen LogP contribution in [-0.4, -0.2) is 12.4 Å². The highest BCUT2D eigenvalue weighted by Gasteiger charge is 2.72. The van der Waals surface area contributed by atoms with Crippen molar-refractivity contribution >= 4 is 23.2 Å². The number of nitrogens with zero attached hydrogens (tertiary/aromatic N) is 2. The number of rotatable bonds is 10. The van der Waals surface area contributed by atoms with Gasteiger partial charge in [0.2, 0.25) is 5.41 Å². The zero-order chi connectivity index (χ0) is 35.5. The standard InChI is InChI=1S/C36H28Cl2F6N2O2/c1-4-31(26-8-6-10-30(37)27(26)20-45)47-24-16-12-22(13-17-24)34(35(39,40)41,36(42,43)44)23-14-18-25(19-15-23)48-32-11-7-9-29(28(32)21-46)33(3,38)5-2/h6-19,31H,4-5H2,1-3H3. The number of halogens is 8. The monoisotopic (exact) mass is 704 g/mol. The zero-order valence-electron chi connectivity index (χ0n) is 25.8. The van der Waals surface area contributed by atoms with Gasteiger partial charge in [-0.1, -0.05) is 74.0 Å². The summed E-state index contributed by atoms with van der Waals surface area (Å²) < 4.78 is 101. The Kier molecular flexibility index (Phi) is 10.6. The fourth-order valence-corrected chi connectivity index (χ4v) is 5.86. The number of hydrogen-bond acceptors (Lipinski definition) is 4. The van der Waals surface area contributed by atoms with Crippen LogP contribution in [-0.2, 0) is 10.3 Å². The van der Waals surface area contributed by atoms with Gasteiger partial charge < -0.3 is 9.47 Å². The smallest absolute Gasteiger partial charge is 0.411 e. The molecule has 0 fully saturated rings. The number of benzene rings is 4. The Morgan fingerprint density at radius 3 is 1.73 bits per heavy atom. The zero-order valence-corrected chi connectivity index (χ0v) is 27.3. The molecule has 250 valence electrons. The van der Waals surface area contributed by atoms with Gasteiger partial charge >= 0.3 is 12.4 Å². The molecule has 0 bridgehead atoms. The summed E-state index contributed by atoms with van der Waals surface area (Å²) in [4.78, 5) is -0.916. The third-order valence-electron chi connectivity index (χ3n) is 8.17. The Balaban J connectivity index is 1.73. The van der Waals surface area contributed by atoms with E-state index in [2.05, 4.69) is 0 Å². The summed E-state index contributed by atoms with van der Waals surface area (Å²) in [6.45, 7) is 5.27. The molecule has 12 heteroatoms. The lowest BCUT2D eigenvalue weighted by atomic mass is 9.73. The third kappa shape index (κ3) is 6.78. The van der Waals surface area contributed by atoms with Crippen molar-refractivity contribution in [2.75, 3.05) is 0 Å². The second-order valence-electron chi connectivity index (χ2n) is 11.1. The van der Waals surface area contributed by atoms with E-state index in [0.717, 1.165) is 36.4 Å². The van der Waals surface area contributed by atoms with Crippen LogP contribution < -0.4 is 9.47 Å². The number of ether oxygens (including phenoxy) is 2. The van der Waals surface area contributed by atoms with E-state index in [1.165, 1.54) is 12.1 Å². The summed E-state index contributed by atoms with van der Waals surface area (Å²) in [5.41, 5.74) is -5.47. The van der Waals surface area contributed by atoms with Crippen LogP contribution >= 0.6 is 23.2 Å². The van der Waals surface area contributed by atoms with E-state index in [1.807, 2.05) is 19.1 Å². The van der Waals surface area contributed by atoms with E-state index >= 15 is 0 Å². The number of alkyl halides is 7. The maximum absolute atomic E-state index is 14.8. The van der Waals surface area contributed by atoms with Gasteiger partial charge in [-0.2, -0.15) is 36.9 Å². The van der Waals surface area contributed by atoms with Crippen molar-refractivity contribution in [2.45, 2.75) is 62.4 Å². The van der Waals surface area contributed by atoms with Crippen LogP contribution in [0.3, 0.4) is 0 Å². The molecule has 0 aliphatic carbocycles. The van der Waals surface area contributed by atoms with Crippen LogP contribution in [0.4, 0.5) is 26.3 Å². The first-order chi connectivity index (χ1) is 22.5. The van der Waals surface area contributed by atoms with Gasteiger partial charge in [0.05, 0.1) is 21.0 Å². The SMILES string of the molecule is CCC(Oc1ccc(C(c2ccc(Oc3cccc(C(C)(Cl)CC)c3C#N)cc2)(C(F)(F)F)C(F)(F)F)cc1)c1cccc(Cl)c1C#N. The van der Waals surface area contributed by atoms with Crippen LogP contribution in [0.15, 0.2) is 84.9 Å². The molecule has 0 saturated carbocycles. The molecule has 0 spiro atoms. The molecule has 0 aliphatic heterocycles. The van der Waals surface area contributed by atoms with E-state index in [4.69, 9.17) is 32.7 Å². The summed E-state index contributed by atoms with van der Waals surface area (Å²) in [5.74, 6) is -0.0599.